The van der Waals surface area contributed by atoms with Crippen LogP contribution in [0.4, 0.5) is 0 Å². The molecule has 1 saturated carbocycles. The number of nitrogens with zero attached hydrogens (tertiary/aromatic N) is 2. The molecule has 1 N–H and O–H groups in total. The van der Waals surface area contributed by atoms with Crippen LogP contribution in [-0.4, -0.2) is 21.0 Å². The lowest BCUT2D eigenvalue weighted by atomic mass is 9.95. The Morgan fingerprint density at radius 3 is 2.71 bits per heavy atom. The molecule has 4 nitrogen and oxygen atoms in total. The smallest absolute Gasteiger partial charge is 0.263 e. The summed E-state index contributed by atoms with van der Waals surface area (Å²) in [7, 11) is 0. The summed E-state index contributed by atoms with van der Waals surface area (Å²) < 4.78 is 2.49. The molecule has 0 atom stereocenters. The second-order valence-corrected chi connectivity index (χ2v) is 9.54. The molecule has 0 radical (unpaired) electrons. The Balaban J connectivity index is 1.50. The Morgan fingerprint density at radius 1 is 1.14 bits per heavy atom. The fraction of sp³-hybridized carbons (Fsp3) is 0.455. The molecular weight excluding hydrogens is 386 g/mol. The van der Waals surface area contributed by atoms with Gasteiger partial charge in [-0.25, -0.2) is 0 Å². The molecular formula is C22H25N3OS2. The van der Waals surface area contributed by atoms with Crippen molar-refractivity contribution in [1.29, 1.82) is 0 Å². The van der Waals surface area contributed by atoms with Crippen LogP contribution in [-0.2, 0) is 19.5 Å². The highest BCUT2D eigenvalue weighted by atomic mass is 32.1. The van der Waals surface area contributed by atoms with Crippen molar-refractivity contribution in [3.63, 3.8) is 0 Å². The fourth-order valence-electron chi connectivity index (χ4n) is 4.79. The van der Waals surface area contributed by atoms with E-state index in [1.165, 1.54) is 35.3 Å². The number of fused-ring (bicyclic) bond motifs is 3. The van der Waals surface area contributed by atoms with Gasteiger partial charge in [-0.2, -0.15) is 0 Å². The lowest BCUT2D eigenvalue weighted by Crippen LogP contribution is -2.31. The predicted octanol–water partition coefficient (Wildman–Crippen LogP) is 5.18. The van der Waals surface area contributed by atoms with Gasteiger partial charge in [0.1, 0.15) is 4.83 Å². The number of benzene rings is 1. The van der Waals surface area contributed by atoms with Gasteiger partial charge >= 0.3 is 0 Å². The standard InChI is InChI=1S/C22H25N3OS2/c26-21-19-17-11-12-24(13-15-7-3-1-4-8-15)14-18(17)28-20(19)23-22(27)25(21)16-9-5-2-6-10-16/h1,3-4,7-8,16H,2,5-6,9-14H2,(H,23,27). The molecule has 0 saturated heterocycles. The van der Waals surface area contributed by atoms with Crippen molar-refractivity contribution in [3.05, 3.63) is 61.5 Å². The zero-order chi connectivity index (χ0) is 19.1. The molecule has 146 valence electrons. The summed E-state index contributed by atoms with van der Waals surface area (Å²) in [5, 5.41) is 0.901. The third kappa shape index (κ3) is 3.27. The van der Waals surface area contributed by atoms with E-state index in [-0.39, 0.29) is 11.6 Å². The van der Waals surface area contributed by atoms with Gasteiger partial charge in [-0.1, -0.05) is 49.6 Å². The molecule has 6 heteroatoms. The molecule has 3 aromatic rings. The van der Waals surface area contributed by atoms with Crippen LogP contribution in [0.3, 0.4) is 0 Å². The first-order valence-electron chi connectivity index (χ1n) is 10.3. The maximum Gasteiger partial charge on any atom is 0.263 e. The molecule has 0 spiro atoms. The number of nitrogens with one attached hydrogen (secondary N) is 1. The summed E-state index contributed by atoms with van der Waals surface area (Å²) in [4.78, 5) is 21.6. The van der Waals surface area contributed by atoms with Gasteiger partial charge in [0.2, 0.25) is 0 Å². The van der Waals surface area contributed by atoms with Crippen LogP contribution in [0.1, 0.15) is 54.1 Å². The quantitative estimate of drug-likeness (QED) is 0.604. The van der Waals surface area contributed by atoms with Crippen LogP contribution < -0.4 is 5.56 Å². The Bertz CT molecular complexity index is 1110. The van der Waals surface area contributed by atoms with E-state index in [0.29, 0.717) is 4.77 Å². The minimum Gasteiger partial charge on any atom is -0.323 e. The molecule has 2 aliphatic rings. The van der Waals surface area contributed by atoms with E-state index in [1.807, 2.05) is 4.57 Å². The monoisotopic (exact) mass is 411 g/mol. The highest BCUT2D eigenvalue weighted by Crippen LogP contribution is 2.34. The maximum absolute atomic E-state index is 13.4. The van der Waals surface area contributed by atoms with Gasteiger partial charge in [0.15, 0.2) is 4.77 Å². The van der Waals surface area contributed by atoms with E-state index in [9.17, 15) is 4.79 Å². The molecule has 1 aliphatic heterocycles. The summed E-state index contributed by atoms with van der Waals surface area (Å²) in [5.41, 5.74) is 2.73. The second kappa shape index (κ2) is 7.58. The van der Waals surface area contributed by atoms with Gasteiger partial charge in [0.05, 0.1) is 5.39 Å². The average molecular weight is 412 g/mol. The van der Waals surface area contributed by atoms with Gasteiger partial charge in [-0.3, -0.25) is 14.3 Å². The lowest BCUT2D eigenvalue weighted by molar-refractivity contribution is 0.249. The van der Waals surface area contributed by atoms with Crippen LogP contribution in [0.5, 0.6) is 0 Å². The summed E-state index contributed by atoms with van der Waals surface area (Å²) in [6.07, 6.45) is 6.74. The first-order chi connectivity index (χ1) is 13.7. The number of hydrogen-bond donors (Lipinski definition) is 1. The second-order valence-electron chi connectivity index (χ2n) is 8.05. The van der Waals surface area contributed by atoms with E-state index < -0.39 is 0 Å². The van der Waals surface area contributed by atoms with E-state index in [4.69, 9.17) is 12.2 Å². The molecule has 0 amide bonds. The molecule has 5 rings (SSSR count). The number of hydrogen-bond acceptors (Lipinski definition) is 4. The zero-order valence-corrected chi connectivity index (χ0v) is 17.6. The zero-order valence-electron chi connectivity index (χ0n) is 15.9. The number of aromatic amines is 1. The van der Waals surface area contributed by atoms with Gasteiger partial charge < -0.3 is 4.98 Å². The summed E-state index contributed by atoms with van der Waals surface area (Å²) in [5.74, 6) is 0. The largest absolute Gasteiger partial charge is 0.323 e. The first kappa shape index (κ1) is 18.3. The lowest BCUT2D eigenvalue weighted by Gasteiger charge is -2.27. The highest BCUT2D eigenvalue weighted by Gasteiger charge is 2.26. The minimum atomic E-state index is 0.139. The number of thiophene rings is 1. The Morgan fingerprint density at radius 2 is 1.93 bits per heavy atom. The third-order valence-corrected chi connectivity index (χ3v) is 7.63. The van der Waals surface area contributed by atoms with Crippen molar-refractivity contribution in [2.45, 2.75) is 57.7 Å². The Kier molecular flexibility index (Phi) is 4.95. The molecule has 3 heterocycles. The summed E-state index contributed by atoms with van der Waals surface area (Å²) >= 11 is 7.32. The van der Waals surface area contributed by atoms with Gasteiger partial charge in [0.25, 0.3) is 5.56 Å². The van der Waals surface area contributed by atoms with Crippen molar-refractivity contribution in [2.75, 3.05) is 6.54 Å². The third-order valence-electron chi connectivity index (χ3n) is 6.20. The maximum atomic E-state index is 13.4. The molecule has 1 fully saturated rings. The van der Waals surface area contributed by atoms with Crippen molar-refractivity contribution >= 4 is 33.8 Å². The van der Waals surface area contributed by atoms with Crippen LogP contribution in [0.2, 0.25) is 0 Å². The normalized spacial score (nSPS) is 18.4. The molecule has 1 aliphatic carbocycles. The van der Waals surface area contributed by atoms with Crippen molar-refractivity contribution in [3.8, 4) is 0 Å². The van der Waals surface area contributed by atoms with E-state index in [1.54, 1.807) is 11.3 Å². The van der Waals surface area contributed by atoms with Gasteiger partial charge in [0, 0.05) is 30.6 Å². The number of rotatable bonds is 3. The van der Waals surface area contributed by atoms with Crippen LogP contribution in [0.25, 0.3) is 10.2 Å². The molecule has 2 aromatic heterocycles. The van der Waals surface area contributed by atoms with Crippen LogP contribution in [0.15, 0.2) is 35.1 Å². The Labute approximate surface area is 173 Å². The minimum absolute atomic E-state index is 0.139. The molecule has 28 heavy (non-hydrogen) atoms. The summed E-state index contributed by atoms with van der Waals surface area (Å²) in [6.45, 7) is 2.86. The van der Waals surface area contributed by atoms with Gasteiger partial charge in [-0.15, -0.1) is 11.3 Å². The van der Waals surface area contributed by atoms with Gasteiger partial charge in [-0.05, 0) is 42.6 Å². The Hall–Kier alpha value is -1.76. The molecule has 0 bridgehead atoms. The highest BCUT2D eigenvalue weighted by molar-refractivity contribution is 7.71. The van der Waals surface area contributed by atoms with E-state index in [0.717, 1.165) is 49.1 Å². The van der Waals surface area contributed by atoms with Crippen LogP contribution in [0, 0.1) is 4.77 Å². The molecule has 1 aromatic carbocycles. The summed E-state index contributed by atoms with van der Waals surface area (Å²) in [6, 6.07) is 10.9. The number of aromatic nitrogens is 2. The predicted molar refractivity (Wildman–Crippen MR) is 118 cm³/mol. The number of H-pyrrole nitrogens is 1. The SMILES string of the molecule is O=c1c2c3c(sc2[nH]c(=S)n1C1CCCCC1)CN(Cc1ccccc1)CC3. The van der Waals surface area contributed by atoms with Crippen LogP contribution >= 0.6 is 23.6 Å². The van der Waals surface area contributed by atoms with Crippen molar-refractivity contribution in [1.82, 2.24) is 14.5 Å². The first-order valence-corrected chi connectivity index (χ1v) is 11.5. The fourth-order valence-corrected chi connectivity index (χ4v) is 6.47. The molecule has 0 unspecified atom stereocenters. The topological polar surface area (TPSA) is 41.0 Å². The average Bonchev–Trinajstić information content (AvgIpc) is 3.07. The van der Waals surface area contributed by atoms with Crippen molar-refractivity contribution < 1.29 is 0 Å². The van der Waals surface area contributed by atoms with E-state index in [2.05, 4.69) is 40.2 Å². The van der Waals surface area contributed by atoms with Crippen molar-refractivity contribution in [2.24, 2.45) is 0 Å². The van der Waals surface area contributed by atoms with E-state index >= 15 is 0 Å².